The van der Waals surface area contributed by atoms with Crippen LogP contribution in [0.5, 0.6) is 0 Å². The number of aliphatic hydroxyl groups excluding tert-OH is 1. The summed E-state index contributed by atoms with van der Waals surface area (Å²) in [6.07, 6.45) is 2.70. The lowest BCUT2D eigenvalue weighted by molar-refractivity contribution is 0.0414. The SMILES string of the molecule is Cl.N[C@H](c1c(Cl)cccc1Cl)[C@@H](O)C1CCC1. The molecule has 2 rings (SSSR count). The van der Waals surface area contributed by atoms with E-state index in [4.69, 9.17) is 28.9 Å². The van der Waals surface area contributed by atoms with Crippen molar-refractivity contribution in [1.29, 1.82) is 0 Å². The largest absolute Gasteiger partial charge is 0.391 e. The van der Waals surface area contributed by atoms with Gasteiger partial charge in [-0.3, -0.25) is 0 Å². The summed E-state index contributed by atoms with van der Waals surface area (Å²) in [5, 5.41) is 11.2. The summed E-state index contributed by atoms with van der Waals surface area (Å²) < 4.78 is 0. The van der Waals surface area contributed by atoms with Gasteiger partial charge in [0.1, 0.15) is 0 Å². The number of aliphatic hydroxyl groups is 1. The number of rotatable bonds is 3. The summed E-state index contributed by atoms with van der Waals surface area (Å²) in [5.74, 6) is 0.294. The van der Waals surface area contributed by atoms with Gasteiger partial charge < -0.3 is 10.8 Å². The summed E-state index contributed by atoms with van der Waals surface area (Å²) in [4.78, 5) is 0. The molecule has 1 aromatic carbocycles. The number of halogens is 3. The Morgan fingerprint density at radius 1 is 1.24 bits per heavy atom. The van der Waals surface area contributed by atoms with Crippen LogP contribution in [0.2, 0.25) is 10.0 Å². The summed E-state index contributed by atoms with van der Waals surface area (Å²) in [6, 6.07) is 4.77. The average molecular weight is 297 g/mol. The van der Waals surface area contributed by atoms with E-state index in [9.17, 15) is 5.11 Å². The molecule has 1 aromatic rings. The van der Waals surface area contributed by atoms with Gasteiger partial charge in [-0.25, -0.2) is 0 Å². The summed E-state index contributed by atoms with van der Waals surface area (Å²) in [5.41, 5.74) is 6.69. The second kappa shape index (κ2) is 6.26. The van der Waals surface area contributed by atoms with Gasteiger partial charge in [0.2, 0.25) is 0 Å². The first-order valence-corrected chi connectivity index (χ1v) is 6.24. The fourth-order valence-electron chi connectivity index (χ4n) is 2.07. The number of hydrogen-bond donors (Lipinski definition) is 2. The first-order chi connectivity index (χ1) is 7.61. The molecule has 0 unspecified atom stereocenters. The van der Waals surface area contributed by atoms with Gasteiger partial charge in [0.05, 0.1) is 12.1 Å². The zero-order valence-corrected chi connectivity index (χ0v) is 11.6. The van der Waals surface area contributed by atoms with Gasteiger partial charge >= 0.3 is 0 Å². The third-order valence-corrected chi connectivity index (χ3v) is 3.99. The van der Waals surface area contributed by atoms with Crippen LogP contribution < -0.4 is 5.73 Å². The molecule has 1 aliphatic carbocycles. The molecule has 0 heterocycles. The Morgan fingerprint density at radius 3 is 2.18 bits per heavy atom. The molecule has 2 atom stereocenters. The lowest BCUT2D eigenvalue weighted by Gasteiger charge is -2.34. The zero-order valence-electron chi connectivity index (χ0n) is 9.27. The van der Waals surface area contributed by atoms with Gasteiger partial charge in [0.25, 0.3) is 0 Å². The van der Waals surface area contributed by atoms with E-state index in [1.54, 1.807) is 18.2 Å². The van der Waals surface area contributed by atoms with Crippen LogP contribution in [-0.4, -0.2) is 11.2 Å². The molecule has 5 heteroatoms. The van der Waals surface area contributed by atoms with Crippen LogP contribution in [0.4, 0.5) is 0 Å². The zero-order chi connectivity index (χ0) is 11.7. The lowest BCUT2D eigenvalue weighted by Crippen LogP contribution is -2.36. The maximum absolute atomic E-state index is 10.1. The van der Waals surface area contributed by atoms with Crippen molar-refractivity contribution in [3.8, 4) is 0 Å². The highest BCUT2D eigenvalue weighted by atomic mass is 35.5. The second-order valence-electron chi connectivity index (χ2n) is 4.34. The van der Waals surface area contributed by atoms with Crippen molar-refractivity contribution in [3.63, 3.8) is 0 Å². The molecule has 2 nitrogen and oxygen atoms in total. The van der Waals surface area contributed by atoms with E-state index < -0.39 is 12.1 Å². The molecule has 1 fully saturated rings. The van der Waals surface area contributed by atoms with Crippen LogP contribution in [0.15, 0.2) is 18.2 Å². The lowest BCUT2D eigenvalue weighted by atomic mass is 9.77. The Kier molecular flexibility index (Phi) is 5.55. The predicted molar refractivity (Wildman–Crippen MR) is 74.0 cm³/mol. The molecular weight excluding hydrogens is 280 g/mol. The van der Waals surface area contributed by atoms with Crippen LogP contribution in [0.25, 0.3) is 0 Å². The Morgan fingerprint density at radius 2 is 1.76 bits per heavy atom. The van der Waals surface area contributed by atoms with Crippen molar-refractivity contribution in [2.75, 3.05) is 0 Å². The fraction of sp³-hybridized carbons (Fsp3) is 0.500. The molecule has 1 saturated carbocycles. The minimum Gasteiger partial charge on any atom is -0.391 e. The first kappa shape index (κ1) is 15.1. The molecular formula is C12H16Cl3NO. The highest BCUT2D eigenvalue weighted by Crippen LogP contribution is 2.38. The summed E-state index contributed by atoms with van der Waals surface area (Å²) in [7, 11) is 0. The average Bonchev–Trinajstić information content (AvgIpc) is 2.14. The molecule has 0 aliphatic heterocycles. The van der Waals surface area contributed by atoms with Crippen LogP contribution in [0, 0.1) is 5.92 Å². The fourth-order valence-corrected chi connectivity index (χ4v) is 2.72. The van der Waals surface area contributed by atoms with Crippen molar-refractivity contribution in [1.82, 2.24) is 0 Å². The van der Waals surface area contributed by atoms with E-state index >= 15 is 0 Å². The monoisotopic (exact) mass is 295 g/mol. The van der Waals surface area contributed by atoms with Crippen LogP contribution in [0.3, 0.4) is 0 Å². The van der Waals surface area contributed by atoms with Gasteiger partial charge in [-0.05, 0) is 30.9 Å². The Hall–Kier alpha value is 0.01000. The maximum atomic E-state index is 10.1. The molecule has 0 spiro atoms. The maximum Gasteiger partial charge on any atom is 0.0761 e. The Bertz CT molecular complexity index is 362. The van der Waals surface area contributed by atoms with Crippen LogP contribution >= 0.6 is 35.6 Å². The first-order valence-electron chi connectivity index (χ1n) is 5.49. The molecule has 17 heavy (non-hydrogen) atoms. The minimum absolute atomic E-state index is 0. The third kappa shape index (κ3) is 3.07. The van der Waals surface area contributed by atoms with Gasteiger partial charge in [0.15, 0.2) is 0 Å². The van der Waals surface area contributed by atoms with Crippen LogP contribution in [0.1, 0.15) is 30.9 Å². The normalized spacial score (nSPS) is 19.1. The highest BCUT2D eigenvalue weighted by molar-refractivity contribution is 6.36. The van der Waals surface area contributed by atoms with Crippen molar-refractivity contribution < 1.29 is 5.11 Å². The van der Waals surface area contributed by atoms with Crippen molar-refractivity contribution in [2.45, 2.75) is 31.4 Å². The van der Waals surface area contributed by atoms with E-state index in [1.807, 2.05) is 0 Å². The molecule has 3 N–H and O–H groups in total. The van der Waals surface area contributed by atoms with Crippen molar-refractivity contribution in [2.24, 2.45) is 11.7 Å². The van der Waals surface area contributed by atoms with E-state index in [0.29, 0.717) is 21.5 Å². The van der Waals surface area contributed by atoms with Crippen molar-refractivity contribution in [3.05, 3.63) is 33.8 Å². The number of hydrogen-bond acceptors (Lipinski definition) is 2. The number of benzene rings is 1. The minimum atomic E-state index is -0.550. The molecule has 0 saturated heterocycles. The van der Waals surface area contributed by atoms with E-state index in [-0.39, 0.29) is 12.4 Å². The third-order valence-electron chi connectivity index (χ3n) is 3.33. The van der Waals surface area contributed by atoms with Gasteiger partial charge in [0, 0.05) is 15.6 Å². The topological polar surface area (TPSA) is 46.2 Å². The second-order valence-corrected chi connectivity index (χ2v) is 5.16. The molecule has 0 bridgehead atoms. The quantitative estimate of drug-likeness (QED) is 0.895. The summed E-state index contributed by atoms with van der Waals surface area (Å²) in [6.45, 7) is 0. The molecule has 0 amide bonds. The number of nitrogens with two attached hydrogens (primary N) is 1. The summed E-state index contributed by atoms with van der Waals surface area (Å²) >= 11 is 12.1. The van der Waals surface area contributed by atoms with Gasteiger partial charge in [-0.1, -0.05) is 35.7 Å². The van der Waals surface area contributed by atoms with Gasteiger partial charge in [-0.15, -0.1) is 12.4 Å². The smallest absolute Gasteiger partial charge is 0.0761 e. The molecule has 0 aromatic heterocycles. The van der Waals surface area contributed by atoms with E-state index in [2.05, 4.69) is 0 Å². The van der Waals surface area contributed by atoms with Gasteiger partial charge in [-0.2, -0.15) is 0 Å². The molecule has 1 aliphatic rings. The highest BCUT2D eigenvalue weighted by Gasteiger charge is 2.32. The molecule has 96 valence electrons. The molecule has 0 radical (unpaired) electrons. The Labute approximate surface area is 118 Å². The standard InChI is InChI=1S/C12H15Cl2NO.ClH/c13-8-5-2-6-9(14)10(8)11(15)12(16)7-3-1-4-7;/h2,5-7,11-12,16H,1,3-4,15H2;1H/t11-,12+;/m1./s1. The van der Waals surface area contributed by atoms with Crippen molar-refractivity contribution >= 4 is 35.6 Å². The Balaban J connectivity index is 0.00000144. The van der Waals surface area contributed by atoms with Crippen LogP contribution in [-0.2, 0) is 0 Å². The predicted octanol–water partition coefficient (Wildman–Crippen LogP) is 3.58. The van der Waals surface area contributed by atoms with E-state index in [1.165, 1.54) is 6.42 Å². The van der Waals surface area contributed by atoms with E-state index in [0.717, 1.165) is 12.8 Å².